The topological polar surface area (TPSA) is 65.0 Å². The number of nitrogens with one attached hydrogen (secondary N) is 3. The molecule has 0 aliphatic heterocycles. The maximum atomic E-state index is 12.2. The van der Waals surface area contributed by atoms with Crippen LogP contribution in [0.3, 0.4) is 0 Å². The Kier molecular flexibility index (Phi) is 4.49. The third kappa shape index (κ3) is 3.84. The van der Waals surface area contributed by atoms with Crippen LogP contribution in [0.25, 0.3) is 0 Å². The largest absolute Gasteiger partial charge is 0.339 e. The minimum atomic E-state index is -0.156. The lowest BCUT2D eigenvalue weighted by Crippen LogP contribution is -2.13. The van der Waals surface area contributed by atoms with Crippen molar-refractivity contribution in [2.75, 3.05) is 10.6 Å². The second-order valence-electron chi connectivity index (χ2n) is 4.88. The molecule has 0 aliphatic rings. The summed E-state index contributed by atoms with van der Waals surface area (Å²) in [7, 11) is 0. The molecule has 0 unspecified atom stereocenters. The van der Waals surface area contributed by atoms with Gasteiger partial charge in [-0.25, -0.2) is 0 Å². The highest BCUT2D eigenvalue weighted by Crippen LogP contribution is 2.18. The predicted molar refractivity (Wildman–Crippen MR) is 95.6 cm³/mol. The number of amides is 1. The Bertz CT molecular complexity index is 813. The minimum absolute atomic E-state index is 0.156. The first-order valence-corrected chi connectivity index (χ1v) is 7.96. The first-order chi connectivity index (χ1) is 11.2. The fraction of sp³-hybridized carbons (Fsp3) is 0. The smallest absolute Gasteiger partial charge is 0.255 e. The zero-order valence-corrected chi connectivity index (χ0v) is 13.1. The molecule has 0 aliphatic carbocycles. The first-order valence-electron chi connectivity index (χ1n) is 7.08. The fourth-order valence-electron chi connectivity index (χ4n) is 2.09. The van der Waals surface area contributed by atoms with Crippen LogP contribution in [-0.4, -0.2) is 11.7 Å². The number of anilines is 2. The van der Waals surface area contributed by atoms with E-state index >= 15 is 0 Å². The quantitative estimate of drug-likeness (QED) is 0.491. The Labute approximate surface area is 138 Å². The fourth-order valence-corrected chi connectivity index (χ4v) is 2.72. The molecule has 5 heteroatoms. The number of benzene rings is 2. The van der Waals surface area contributed by atoms with Gasteiger partial charge in [0.25, 0.3) is 5.91 Å². The van der Waals surface area contributed by atoms with Crippen LogP contribution in [0.4, 0.5) is 11.4 Å². The average molecular weight is 321 g/mol. The molecule has 4 nitrogen and oxygen atoms in total. The van der Waals surface area contributed by atoms with Crippen LogP contribution in [0.5, 0.6) is 0 Å². The molecule has 114 valence electrons. The lowest BCUT2D eigenvalue weighted by atomic mass is 10.2. The second kappa shape index (κ2) is 6.89. The van der Waals surface area contributed by atoms with Crippen molar-refractivity contribution >= 4 is 34.5 Å². The Morgan fingerprint density at radius 1 is 0.870 bits per heavy atom. The standard InChI is InChI=1S/C18H15N3OS/c19-17(16-10-5-11-23-16)20-14-8-4-9-15(12-14)21-18(22)13-6-2-1-3-7-13/h1-12H,(H2,19,20)(H,21,22). The van der Waals surface area contributed by atoms with E-state index < -0.39 is 0 Å². The van der Waals surface area contributed by atoms with E-state index in [9.17, 15) is 4.79 Å². The van der Waals surface area contributed by atoms with Crippen LogP contribution in [0.1, 0.15) is 15.2 Å². The molecule has 1 heterocycles. The summed E-state index contributed by atoms with van der Waals surface area (Å²) in [5, 5.41) is 15.9. The number of amidine groups is 1. The monoisotopic (exact) mass is 321 g/mol. The van der Waals surface area contributed by atoms with Crippen molar-refractivity contribution in [1.29, 1.82) is 5.41 Å². The van der Waals surface area contributed by atoms with E-state index in [1.807, 2.05) is 60.0 Å². The highest BCUT2D eigenvalue weighted by molar-refractivity contribution is 7.12. The van der Waals surface area contributed by atoms with Crippen LogP contribution in [0.15, 0.2) is 72.1 Å². The third-order valence-corrected chi connectivity index (χ3v) is 4.08. The molecule has 0 spiro atoms. The predicted octanol–water partition coefficient (Wildman–Crippen LogP) is 4.44. The van der Waals surface area contributed by atoms with Gasteiger partial charge >= 0.3 is 0 Å². The van der Waals surface area contributed by atoms with Crippen molar-refractivity contribution in [2.45, 2.75) is 0 Å². The van der Waals surface area contributed by atoms with E-state index in [1.54, 1.807) is 12.1 Å². The van der Waals surface area contributed by atoms with E-state index in [4.69, 9.17) is 5.41 Å². The van der Waals surface area contributed by atoms with Gasteiger partial charge in [0.15, 0.2) is 0 Å². The zero-order valence-electron chi connectivity index (χ0n) is 12.2. The summed E-state index contributed by atoms with van der Waals surface area (Å²) in [6.07, 6.45) is 0. The highest BCUT2D eigenvalue weighted by atomic mass is 32.1. The molecule has 1 amide bonds. The van der Waals surface area contributed by atoms with E-state index in [-0.39, 0.29) is 5.91 Å². The zero-order chi connectivity index (χ0) is 16.1. The van der Waals surface area contributed by atoms with Crippen LogP contribution in [-0.2, 0) is 0 Å². The maximum Gasteiger partial charge on any atom is 0.255 e. The Morgan fingerprint density at radius 3 is 2.30 bits per heavy atom. The van der Waals surface area contributed by atoms with Gasteiger partial charge in [0.05, 0.1) is 4.88 Å². The molecule has 0 saturated heterocycles. The van der Waals surface area contributed by atoms with Crippen LogP contribution < -0.4 is 10.6 Å². The Hall–Kier alpha value is -2.92. The SMILES string of the molecule is N=C(Nc1cccc(NC(=O)c2ccccc2)c1)c1cccs1. The number of hydrogen-bond donors (Lipinski definition) is 3. The molecule has 3 aromatic rings. The molecule has 1 aromatic heterocycles. The number of carbonyl (C=O) groups excluding carboxylic acids is 1. The molecular weight excluding hydrogens is 306 g/mol. The van der Waals surface area contributed by atoms with Gasteiger partial charge in [0.1, 0.15) is 5.84 Å². The maximum absolute atomic E-state index is 12.2. The first kappa shape index (κ1) is 15.0. The number of thiophene rings is 1. The van der Waals surface area contributed by atoms with Crippen LogP contribution >= 0.6 is 11.3 Å². The van der Waals surface area contributed by atoms with E-state index in [1.165, 1.54) is 11.3 Å². The second-order valence-corrected chi connectivity index (χ2v) is 5.83. The average Bonchev–Trinajstić information content (AvgIpc) is 3.10. The molecule has 0 atom stereocenters. The van der Waals surface area contributed by atoms with Gasteiger partial charge in [0.2, 0.25) is 0 Å². The lowest BCUT2D eigenvalue weighted by molar-refractivity contribution is 0.102. The summed E-state index contributed by atoms with van der Waals surface area (Å²) >= 11 is 1.51. The van der Waals surface area contributed by atoms with Crippen LogP contribution in [0, 0.1) is 5.41 Å². The molecular formula is C18H15N3OS. The number of hydrogen-bond acceptors (Lipinski definition) is 3. The van der Waals surface area contributed by atoms with Crippen LogP contribution in [0.2, 0.25) is 0 Å². The van der Waals surface area contributed by atoms with Gasteiger partial charge < -0.3 is 10.6 Å². The highest BCUT2D eigenvalue weighted by Gasteiger charge is 2.07. The molecule has 0 bridgehead atoms. The Balaban J connectivity index is 1.70. The van der Waals surface area contributed by atoms with Gasteiger partial charge in [-0.1, -0.05) is 30.3 Å². The van der Waals surface area contributed by atoms with Crippen molar-refractivity contribution in [2.24, 2.45) is 0 Å². The summed E-state index contributed by atoms with van der Waals surface area (Å²) < 4.78 is 0. The van der Waals surface area contributed by atoms with E-state index in [2.05, 4.69) is 10.6 Å². The van der Waals surface area contributed by atoms with Gasteiger partial charge in [-0.05, 0) is 41.8 Å². The van der Waals surface area contributed by atoms with E-state index in [0.29, 0.717) is 17.1 Å². The van der Waals surface area contributed by atoms with Gasteiger partial charge in [-0.3, -0.25) is 10.2 Å². The summed E-state index contributed by atoms with van der Waals surface area (Å²) in [6.45, 7) is 0. The minimum Gasteiger partial charge on any atom is -0.339 e. The van der Waals surface area contributed by atoms with Gasteiger partial charge in [0, 0.05) is 16.9 Å². The summed E-state index contributed by atoms with van der Waals surface area (Å²) in [6, 6.07) is 20.2. The molecule has 3 N–H and O–H groups in total. The molecule has 23 heavy (non-hydrogen) atoms. The number of rotatable bonds is 4. The van der Waals surface area contributed by atoms with Gasteiger partial charge in [-0.2, -0.15) is 0 Å². The molecule has 3 rings (SSSR count). The third-order valence-electron chi connectivity index (χ3n) is 3.19. The molecule has 0 saturated carbocycles. The van der Waals surface area contributed by atoms with Gasteiger partial charge in [-0.15, -0.1) is 11.3 Å². The molecule has 0 radical (unpaired) electrons. The van der Waals surface area contributed by atoms with E-state index in [0.717, 1.165) is 10.6 Å². The van der Waals surface area contributed by atoms with Crippen molar-refractivity contribution in [3.8, 4) is 0 Å². The summed E-state index contributed by atoms with van der Waals surface area (Å²) in [5.41, 5.74) is 2.05. The summed E-state index contributed by atoms with van der Waals surface area (Å²) in [4.78, 5) is 13.0. The lowest BCUT2D eigenvalue weighted by Gasteiger charge is -2.09. The van der Waals surface area contributed by atoms with Crippen molar-refractivity contribution in [3.05, 3.63) is 82.6 Å². The molecule has 0 fully saturated rings. The summed E-state index contributed by atoms with van der Waals surface area (Å²) in [5.74, 6) is 0.183. The number of carbonyl (C=O) groups is 1. The van der Waals surface area contributed by atoms with Crippen molar-refractivity contribution in [1.82, 2.24) is 0 Å². The van der Waals surface area contributed by atoms with Crippen molar-refractivity contribution in [3.63, 3.8) is 0 Å². The Morgan fingerprint density at radius 2 is 1.61 bits per heavy atom. The van der Waals surface area contributed by atoms with Crippen molar-refractivity contribution < 1.29 is 4.79 Å². The normalized spacial score (nSPS) is 10.1. The molecule has 2 aromatic carbocycles.